The molecule has 1 N–H and O–H groups in total. The van der Waals surface area contributed by atoms with Gasteiger partial charge in [0.2, 0.25) is 0 Å². The summed E-state index contributed by atoms with van der Waals surface area (Å²) in [5, 5.41) is 16.7. The quantitative estimate of drug-likeness (QED) is 0.178. The van der Waals surface area contributed by atoms with E-state index in [1.165, 1.54) is 0 Å². The molecule has 0 fully saturated rings. The smallest absolute Gasteiger partial charge is 0.259 e. The van der Waals surface area contributed by atoms with Crippen LogP contribution in [0.1, 0.15) is 17.8 Å². The fourth-order valence-electron chi connectivity index (χ4n) is 1.43. The zero-order chi connectivity index (χ0) is 15.3. The summed E-state index contributed by atoms with van der Waals surface area (Å²) in [5.74, 6) is 4.66. The normalized spacial score (nSPS) is 11.1. The summed E-state index contributed by atoms with van der Waals surface area (Å²) in [6.45, 7) is 0.900. The van der Waals surface area contributed by atoms with Crippen molar-refractivity contribution >= 4 is 28.9 Å². The molecule has 114 valence electrons. The van der Waals surface area contributed by atoms with E-state index in [2.05, 4.69) is 21.2 Å². The van der Waals surface area contributed by atoms with Gasteiger partial charge in [-0.1, -0.05) is 0 Å². The Hall–Kier alpha value is -1.59. The van der Waals surface area contributed by atoms with Crippen molar-refractivity contribution in [1.29, 1.82) is 0 Å². The van der Waals surface area contributed by atoms with E-state index in [1.807, 2.05) is 5.38 Å². The second-order valence-corrected chi connectivity index (χ2v) is 6.12. The Morgan fingerprint density at radius 3 is 3.19 bits per heavy atom. The Labute approximate surface area is 132 Å². The molecule has 0 radical (unpaired) electrons. The average Bonchev–Trinajstić information content (AvgIpc) is 2.95. The van der Waals surface area contributed by atoms with E-state index in [0.717, 1.165) is 22.9 Å². The van der Waals surface area contributed by atoms with Crippen LogP contribution in [-0.2, 0) is 5.75 Å². The molecule has 1 aromatic rings. The maximum Gasteiger partial charge on any atom is 0.259 e. The zero-order valence-electron chi connectivity index (χ0n) is 11.7. The summed E-state index contributed by atoms with van der Waals surface area (Å²) in [5.41, 5.74) is 0. The molecule has 0 atom stereocenters. The Bertz CT molecular complexity index is 483. The van der Waals surface area contributed by atoms with Gasteiger partial charge in [-0.2, -0.15) is 11.8 Å². The second kappa shape index (κ2) is 11.1. The molecule has 0 bridgehead atoms. The third kappa shape index (κ3) is 9.05. The number of nitro groups is 1. The van der Waals surface area contributed by atoms with Gasteiger partial charge in [-0.05, 0) is 6.42 Å². The van der Waals surface area contributed by atoms with Gasteiger partial charge in [0.1, 0.15) is 5.01 Å². The van der Waals surface area contributed by atoms with Gasteiger partial charge in [-0.25, -0.2) is 4.98 Å². The van der Waals surface area contributed by atoms with Crippen molar-refractivity contribution in [3.8, 4) is 12.3 Å². The van der Waals surface area contributed by atoms with E-state index >= 15 is 0 Å². The van der Waals surface area contributed by atoms with Crippen LogP contribution in [0.4, 0.5) is 0 Å². The molecule has 0 aliphatic heterocycles. The molecule has 8 heteroatoms. The number of hydrogen-bond acceptors (Lipinski definition) is 6. The molecule has 0 spiro atoms. The molecule has 1 rings (SSSR count). The first-order valence-electron chi connectivity index (χ1n) is 6.51. The number of aromatic nitrogens is 1. The zero-order valence-corrected chi connectivity index (χ0v) is 13.3. The molecule has 6 nitrogen and oxygen atoms in total. The van der Waals surface area contributed by atoms with Crippen molar-refractivity contribution < 1.29 is 4.92 Å². The maximum absolute atomic E-state index is 10.6. The summed E-state index contributed by atoms with van der Waals surface area (Å²) in [6.07, 6.45) is 8.33. The number of thioether (sulfide) groups is 1. The van der Waals surface area contributed by atoms with Crippen molar-refractivity contribution in [3.05, 3.63) is 26.7 Å². The number of rotatable bonds is 10. The minimum atomic E-state index is -0.379. The van der Waals surface area contributed by atoms with Crippen LogP contribution in [0.25, 0.3) is 0 Å². The molecular formula is C13H18N4O2S2. The van der Waals surface area contributed by atoms with Crippen LogP contribution in [0.5, 0.6) is 0 Å². The fraction of sp³-hybridized carbons (Fsp3) is 0.538. The van der Waals surface area contributed by atoms with Crippen molar-refractivity contribution in [3.63, 3.8) is 0 Å². The molecule has 0 unspecified atom stereocenters. The molecule has 1 heterocycles. The van der Waals surface area contributed by atoms with E-state index < -0.39 is 0 Å². The highest BCUT2D eigenvalue weighted by Gasteiger charge is 2.06. The number of thiazole rings is 1. The average molecular weight is 326 g/mol. The van der Waals surface area contributed by atoms with E-state index in [9.17, 15) is 10.1 Å². The van der Waals surface area contributed by atoms with Crippen LogP contribution in [0.3, 0.4) is 0 Å². The van der Waals surface area contributed by atoms with Crippen molar-refractivity contribution in [2.45, 2.75) is 18.6 Å². The van der Waals surface area contributed by atoms with Gasteiger partial charge in [0, 0.05) is 47.5 Å². The Balaban J connectivity index is 2.22. The van der Waals surface area contributed by atoms with Crippen LogP contribution >= 0.6 is 23.1 Å². The molecule has 0 amide bonds. The fourth-order valence-corrected chi connectivity index (χ4v) is 2.99. The highest BCUT2D eigenvalue weighted by molar-refractivity contribution is 7.98. The summed E-state index contributed by atoms with van der Waals surface area (Å²) >= 11 is 3.37. The predicted molar refractivity (Wildman–Crippen MR) is 88.5 cm³/mol. The Kier molecular flexibility index (Phi) is 9.24. The first-order valence-corrected chi connectivity index (χ1v) is 8.54. The summed E-state index contributed by atoms with van der Waals surface area (Å²) < 4.78 is 0. The molecule has 0 aliphatic rings. The standard InChI is InChI=1S/C13H18N4O2S2/c1-2-3-4-5-14-12(10-17(18)19)15-6-8-20-11-13-16-7-9-21-13/h1,7,9H,3-6,8,10-11H2,(H,14,15). The third-order valence-electron chi connectivity index (χ3n) is 2.35. The van der Waals surface area contributed by atoms with Crippen LogP contribution in [0, 0.1) is 22.5 Å². The van der Waals surface area contributed by atoms with E-state index in [4.69, 9.17) is 6.42 Å². The van der Waals surface area contributed by atoms with Crippen molar-refractivity contribution in [1.82, 2.24) is 10.3 Å². The van der Waals surface area contributed by atoms with Gasteiger partial charge in [0.25, 0.3) is 6.54 Å². The Morgan fingerprint density at radius 1 is 1.67 bits per heavy atom. The van der Waals surface area contributed by atoms with Gasteiger partial charge < -0.3 is 5.32 Å². The minimum absolute atomic E-state index is 0.271. The highest BCUT2D eigenvalue weighted by Crippen LogP contribution is 2.13. The lowest BCUT2D eigenvalue weighted by Crippen LogP contribution is -2.32. The number of nitrogens with zero attached hydrogens (tertiary/aromatic N) is 3. The van der Waals surface area contributed by atoms with Gasteiger partial charge in [0.05, 0.1) is 0 Å². The Morgan fingerprint density at radius 2 is 2.52 bits per heavy atom. The number of amidine groups is 1. The minimum Gasteiger partial charge on any atom is -0.368 e. The van der Waals surface area contributed by atoms with Gasteiger partial charge in [-0.3, -0.25) is 15.1 Å². The van der Waals surface area contributed by atoms with Gasteiger partial charge >= 0.3 is 0 Å². The van der Waals surface area contributed by atoms with Crippen molar-refractivity contribution in [2.75, 3.05) is 25.4 Å². The van der Waals surface area contributed by atoms with Crippen LogP contribution in [0.15, 0.2) is 16.6 Å². The lowest BCUT2D eigenvalue weighted by Gasteiger charge is -2.06. The first-order chi connectivity index (χ1) is 10.2. The number of aliphatic imine (C=N–C) groups is 1. The summed E-state index contributed by atoms with van der Waals surface area (Å²) in [7, 11) is 0. The van der Waals surface area contributed by atoms with Crippen LogP contribution in [0.2, 0.25) is 0 Å². The van der Waals surface area contributed by atoms with Crippen LogP contribution in [-0.4, -0.2) is 41.1 Å². The topological polar surface area (TPSA) is 80.4 Å². The molecule has 0 aromatic carbocycles. The van der Waals surface area contributed by atoms with Gasteiger partial charge in [-0.15, -0.1) is 23.7 Å². The number of terminal acetylenes is 1. The third-order valence-corrected chi connectivity index (χ3v) is 4.28. The lowest BCUT2D eigenvalue weighted by atomic mass is 10.3. The SMILES string of the molecule is C#CCCCN=C(C[N+](=O)[O-])NCCSCc1nccs1. The van der Waals surface area contributed by atoms with E-state index in [0.29, 0.717) is 25.3 Å². The van der Waals surface area contributed by atoms with Gasteiger partial charge in [0.15, 0.2) is 5.84 Å². The molecule has 1 aromatic heterocycles. The van der Waals surface area contributed by atoms with E-state index in [-0.39, 0.29) is 11.5 Å². The highest BCUT2D eigenvalue weighted by atomic mass is 32.2. The summed E-state index contributed by atoms with van der Waals surface area (Å²) in [4.78, 5) is 18.6. The molecule has 0 saturated carbocycles. The van der Waals surface area contributed by atoms with E-state index in [1.54, 1.807) is 29.3 Å². The number of hydrogen-bond donors (Lipinski definition) is 1. The largest absolute Gasteiger partial charge is 0.368 e. The second-order valence-electron chi connectivity index (χ2n) is 4.03. The molecule has 0 saturated heterocycles. The van der Waals surface area contributed by atoms with Crippen molar-refractivity contribution in [2.24, 2.45) is 4.99 Å². The number of nitrogens with one attached hydrogen (secondary N) is 1. The maximum atomic E-state index is 10.6. The molecular weight excluding hydrogens is 308 g/mol. The van der Waals surface area contributed by atoms with Crippen LogP contribution < -0.4 is 5.32 Å². The number of unbranched alkanes of at least 4 members (excludes halogenated alkanes) is 1. The predicted octanol–water partition coefficient (Wildman–Crippen LogP) is 2.05. The summed E-state index contributed by atoms with van der Waals surface area (Å²) in [6, 6.07) is 0. The molecule has 21 heavy (non-hydrogen) atoms. The first kappa shape index (κ1) is 17.5. The molecule has 0 aliphatic carbocycles. The monoisotopic (exact) mass is 326 g/mol. The lowest BCUT2D eigenvalue weighted by molar-refractivity contribution is -0.463.